The molecule has 0 saturated carbocycles. The number of nitrogens with one attached hydrogen (secondary N) is 2. The molecule has 1 aromatic heterocycles. The highest BCUT2D eigenvalue weighted by atomic mass is 35.5. The first kappa shape index (κ1) is 23.2. The molecule has 0 aliphatic rings. The van der Waals surface area contributed by atoms with E-state index in [4.69, 9.17) is 21.1 Å². The third kappa shape index (κ3) is 7.07. The molecule has 0 spiro atoms. The van der Waals surface area contributed by atoms with Gasteiger partial charge in [-0.15, -0.1) is 11.3 Å². The Bertz CT molecular complexity index is 1090. The number of imide groups is 1. The third-order valence-electron chi connectivity index (χ3n) is 4.09. The molecule has 0 atom stereocenters. The molecule has 0 unspecified atom stereocenters. The van der Waals surface area contributed by atoms with Crippen molar-refractivity contribution >= 4 is 40.8 Å². The molecular weight excluding hydrogens is 454 g/mol. The summed E-state index contributed by atoms with van der Waals surface area (Å²) in [6.45, 7) is 1.50. The number of esters is 1. The summed E-state index contributed by atoms with van der Waals surface area (Å²) in [7, 11) is 0. The van der Waals surface area contributed by atoms with E-state index in [-0.39, 0.29) is 18.0 Å². The van der Waals surface area contributed by atoms with Crippen molar-refractivity contribution in [2.24, 2.45) is 0 Å². The van der Waals surface area contributed by atoms with Gasteiger partial charge in [0.15, 0.2) is 6.61 Å². The minimum atomic E-state index is -0.739. The molecular formula is C22H20ClN3O5S. The van der Waals surface area contributed by atoms with Gasteiger partial charge in [0, 0.05) is 11.6 Å². The van der Waals surface area contributed by atoms with E-state index in [0.29, 0.717) is 21.5 Å². The highest BCUT2D eigenvalue weighted by molar-refractivity contribution is 7.13. The number of carbonyl (C=O) groups excluding carboxylic acids is 3. The van der Waals surface area contributed by atoms with Gasteiger partial charge in [0.05, 0.1) is 5.69 Å². The average molecular weight is 474 g/mol. The lowest BCUT2D eigenvalue weighted by Crippen LogP contribution is -2.41. The second-order valence-corrected chi connectivity index (χ2v) is 8.08. The molecule has 0 fully saturated rings. The molecule has 0 radical (unpaired) electrons. The zero-order valence-corrected chi connectivity index (χ0v) is 18.7. The van der Waals surface area contributed by atoms with Gasteiger partial charge >= 0.3 is 12.0 Å². The Balaban J connectivity index is 1.43. The number of urea groups is 1. The molecule has 32 heavy (non-hydrogen) atoms. The molecule has 10 heteroatoms. The first-order chi connectivity index (χ1) is 15.4. The Morgan fingerprint density at radius 3 is 2.50 bits per heavy atom. The van der Waals surface area contributed by atoms with Gasteiger partial charge in [-0.3, -0.25) is 10.1 Å². The SMILES string of the molecule is Cc1nc(COc2ccc(Cl)cc2)sc1C(=O)OCC(=O)NC(=O)NCc1ccccc1. The van der Waals surface area contributed by atoms with Crippen molar-refractivity contribution in [1.29, 1.82) is 0 Å². The molecule has 0 aliphatic heterocycles. The monoisotopic (exact) mass is 473 g/mol. The fourth-order valence-corrected chi connectivity index (χ4v) is 3.56. The van der Waals surface area contributed by atoms with Crippen LogP contribution in [0.1, 0.15) is 25.9 Å². The average Bonchev–Trinajstić information content (AvgIpc) is 3.17. The van der Waals surface area contributed by atoms with E-state index in [1.807, 2.05) is 30.3 Å². The van der Waals surface area contributed by atoms with Crippen LogP contribution in [-0.4, -0.2) is 29.5 Å². The Labute approximate surface area is 193 Å². The van der Waals surface area contributed by atoms with Gasteiger partial charge in [-0.2, -0.15) is 0 Å². The number of hydrogen-bond donors (Lipinski definition) is 2. The van der Waals surface area contributed by atoms with Crippen LogP contribution in [0.2, 0.25) is 5.02 Å². The first-order valence-corrected chi connectivity index (χ1v) is 10.7. The normalized spacial score (nSPS) is 10.3. The topological polar surface area (TPSA) is 107 Å². The molecule has 3 aromatic rings. The summed E-state index contributed by atoms with van der Waals surface area (Å²) in [5, 5.41) is 5.84. The molecule has 3 rings (SSSR count). The van der Waals surface area contributed by atoms with Gasteiger partial charge in [0.2, 0.25) is 0 Å². The van der Waals surface area contributed by atoms with Crippen molar-refractivity contribution in [3.8, 4) is 5.75 Å². The summed E-state index contributed by atoms with van der Waals surface area (Å²) in [6, 6.07) is 15.4. The molecule has 1 heterocycles. The van der Waals surface area contributed by atoms with Crippen LogP contribution in [0.15, 0.2) is 54.6 Å². The Kier molecular flexibility index (Phi) is 8.18. The molecule has 0 bridgehead atoms. The second kappa shape index (κ2) is 11.3. The van der Waals surface area contributed by atoms with Crippen LogP contribution >= 0.6 is 22.9 Å². The summed E-state index contributed by atoms with van der Waals surface area (Å²) in [5.41, 5.74) is 1.36. The zero-order valence-electron chi connectivity index (χ0n) is 17.1. The molecule has 166 valence electrons. The number of benzene rings is 2. The second-order valence-electron chi connectivity index (χ2n) is 6.56. The Hall–Kier alpha value is -3.43. The highest BCUT2D eigenvalue weighted by Crippen LogP contribution is 2.22. The van der Waals surface area contributed by atoms with Crippen molar-refractivity contribution in [2.45, 2.75) is 20.1 Å². The minimum Gasteiger partial charge on any atom is -0.486 e. The number of aryl methyl sites for hydroxylation is 1. The van der Waals surface area contributed by atoms with Crippen LogP contribution in [0.5, 0.6) is 5.75 Å². The molecule has 0 aliphatic carbocycles. The quantitative estimate of drug-likeness (QED) is 0.481. The van der Waals surface area contributed by atoms with E-state index in [0.717, 1.165) is 16.9 Å². The van der Waals surface area contributed by atoms with E-state index in [1.165, 1.54) is 0 Å². The maximum atomic E-state index is 12.3. The lowest BCUT2D eigenvalue weighted by atomic mass is 10.2. The van der Waals surface area contributed by atoms with Crippen LogP contribution in [0.3, 0.4) is 0 Å². The summed E-state index contributed by atoms with van der Waals surface area (Å²) in [5.74, 6) is -0.816. The van der Waals surface area contributed by atoms with Crippen LogP contribution in [0.25, 0.3) is 0 Å². The van der Waals surface area contributed by atoms with Crippen molar-refractivity contribution in [1.82, 2.24) is 15.6 Å². The minimum absolute atomic E-state index is 0.169. The number of halogens is 1. The first-order valence-electron chi connectivity index (χ1n) is 9.54. The summed E-state index contributed by atoms with van der Waals surface area (Å²) < 4.78 is 10.6. The number of hydrogen-bond acceptors (Lipinski definition) is 7. The number of nitrogens with zero attached hydrogens (tertiary/aromatic N) is 1. The summed E-state index contributed by atoms with van der Waals surface area (Å²) >= 11 is 6.95. The van der Waals surface area contributed by atoms with Crippen LogP contribution < -0.4 is 15.4 Å². The maximum Gasteiger partial charge on any atom is 0.350 e. The van der Waals surface area contributed by atoms with Crippen LogP contribution in [0.4, 0.5) is 4.79 Å². The number of rotatable bonds is 8. The molecule has 0 saturated heterocycles. The zero-order chi connectivity index (χ0) is 22.9. The standard InChI is InChI=1S/C22H20ClN3O5S/c1-14-20(32-19(25-14)13-30-17-9-7-16(23)8-10-17)21(28)31-12-18(27)26-22(29)24-11-15-5-3-2-4-6-15/h2-10H,11-13H2,1H3,(H2,24,26,27,29). The number of amides is 3. The van der Waals surface area contributed by atoms with Crippen molar-refractivity contribution < 1.29 is 23.9 Å². The number of thiazole rings is 1. The highest BCUT2D eigenvalue weighted by Gasteiger charge is 2.19. The van der Waals surface area contributed by atoms with Gasteiger partial charge < -0.3 is 14.8 Å². The van der Waals surface area contributed by atoms with Gasteiger partial charge in [-0.1, -0.05) is 41.9 Å². The van der Waals surface area contributed by atoms with E-state index in [9.17, 15) is 14.4 Å². The van der Waals surface area contributed by atoms with Crippen molar-refractivity contribution in [2.75, 3.05) is 6.61 Å². The summed E-state index contributed by atoms with van der Waals surface area (Å²) in [4.78, 5) is 40.5. The predicted molar refractivity (Wildman–Crippen MR) is 120 cm³/mol. The lowest BCUT2D eigenvalue weighted by Gasteiger charge is -2.07. The molecule has 8 nitrogen and oxygen atoms in total. The van der Waals surface area contributed by atoms with Crippen LogP contribution in [0, 0.1) is 6.92 Å². The van der Waals surface area contributed by atoms with Crippen molar-refractivity contribution in [3.05, 3.63) is 80.8 Å². The lowest BCUT2D eigenvalue weighted by molar-refractivity contribution is -0.123. The number of carbonyl (C=O) groups is 3. The molecule has 2 aromatic carbocycles. The van der Waals surface area contributed by atoms with E-state index >= 15 is 0 Å². The number of ether oxygens (including phenoxy) is 2. The Morgan fingerprint density at radius 2 is 1.78 bits per heavy atom. The largest absolute Gasteiger partial charge is 0.486 e. The van der Waals surface area contributed by atoms with Gasteiger partial charge in [0.25, 0.3) is 5.91 Å². The van der Waals surface area contributed by atoms with E-state index in [1.54, 1.807) is 31.2 Å². The number of aromatic nitrogens is 1. The Morgan fingerprint density at radius 1 is 1.06 bits per heavy atom. The van der Waals surface area contributed by atoms with Gasteiger partial charge in [-0.05, 0) is 36.8 Å². The van der Waals surface area contributed by atoms with E-state index in [2.05, 4.69) is 15.6 Å². The molecule has 3 amide bonds. The summed E-state index contributed by atoms with van der Waals surface area (Å²) in [6.07, 6.45) is 0. The smallest absolute Gasteiger partial charge is 0.350 e. The van der Waals surface area contributed by atoms with Crippen molar-refractivity contribution in [3.63, 3.8) is 0 Å². The van der Waals surface area contributed by atoms with E-state index < -0.39 is 24.5 Å². The van der Waals surface area contributed by atoms with Gasteiger partial charge in [-0.25, -0.2) is 14.6 Å². The third-order valence-corrected chi connectivity index (χ3v) is 5.45. The van der Waals surface area contributed by atoms with Gasteiger partial charge in [0.1, 0.15) is 22.2 Å². The van der Waals surface area contributed by atoms with Crippen LogP contribution in [-0.2, 0) is 22.7 Å². The fourth-order valence-electron chi connectivity index (χ4n) is 2.56. The predicted octanol–water partition coefficient (Wildman–Crippen LogP) is 3.87. The maximum absolute atomic E-state index is 12.3. The fraction of sp³-hybridized carbons (Fsp3) is 0.182. The molecule has 2 N–H and O–H groups in total.